The zero-order valence-corrected chi connectivity index (χ0v) is 9.34. The maximum atomic E-state index is 11.2. The van der Waals surface area contributed by atoms with Crippen LogP contribution in [0.5, 0.6) is 0 Å². The first-order valence-corrected chi connectivity index (χ1v) is 5.31. The van der Waals surface area contributed by atoms with Gasteiger partial charge in [0.15, 0.2) is 5.65 Å². The number of aromatic amines is 1. The molecule has 0 fully saturated rings. The van der Waals surface area contributed by atoms with Crippen LogP contribution in [0.2, 0.25) is 0 Å². The van der Waals surface area contributed by atoms with Crippen molar-refractivity contribution in [3.05, 3.63) is 28.6 Å². The van der Waals surface area contributed by atoms with E-state index in [1.807, 2.05) is 6.92 Å². The normalized spacial score (nSPS) is 15.2. The van der Waals surface area contributed by atoms with E-state index in [2.05, 4.69) is 22.1 Å². The fourth-order valence-electron chi connectivity index (χ4n) is 1.88. The monoisotopic (exact) mass is 221 g/mol. The third kappa shape index (κ3) is 1.71. The first-order valence-electron chi connectivity index (χ1n) is 5.31. The summed E-state index contributed by atoms with van der Waals surface area (Å²) in [5.41, 5.74) is 7.07. The summed E-state index contributed by atoms with van der Waals surface area (Å²) in [6.07, 6.45) is 2.40. The molecule has 2 heterocycles. The molecule has 2 aromatic heterocycles. The summed E-state index contributed by atoms with van der Waals surface area (Å²) in [5.74, 6) is 0.191. The molecule has 0 aliphatic carbocycles. The Morgan fingerprint density at radius 3 is 3.00 bits per heavy atom. The quantitative estimate of drug-likeness (QED) is 0.778. The molecule has 0 aliphatic heterocycles. The van der Waals surface area contributed by atoms with E-state index in [9.17, 15) is 4.79 Å². The van der Waals surface area contributed by atoms with Gasteiger partial charge in [-0.05, 0) is 13.3 Å². The van der Waals surface area contributed by atoms with Crippen molar-refractivity contribution >= 4 is 5.65 Å². The first kappa shape index (κ1) is 10.8. The van der Waals surface area contributed by atoms with Crippen molar-refractivity contribution in [3.8, 4) is 0 Å². The van der Waals surface area contributed by atoms with Gasteiger partial charge in [0.1, 0.15) is 6.33 Å². The van der Waals surface area contributed by atoms with Crippen LogP contribution in [0.3, 0.4) is 0 Å². The highest BCUT2D eigenvalue weighted by molar-refractivity contribution is 5.38. The second-order valence-electron chi connectivity index (χ2n) is 3.94. The van der Waals surface area contributed by atoms with Crippen LogP contribution in [0.15, 0.2) is 17.2 Å². The van der Waals surface area contributed by atoms with E-state index in [1.165, 1.54) is 10.7 Å². The van der Waals surface area contributed by atoms with Crippen molar-refractivity contribution in [1.29, 1.82) is 0 Å². The number of H-pyrrole nitrogens is 1. The highest BCUT2D eigenvalue weighted by Gasteiger charge is 2.16. The minimum Gasteiger partial charge on any atom is -0.327 e. The maximum Gasteiger partial charge on any atom is 0.348 e. The lowest BCUT2D eigenvalue weighted by atomic mass is 9.95. The molecular formula is C10H15N5O. The highest BCUT2D eigenvalue weighted by Crippen LogP contribution is 2.20. The fourth-order valence-corrected chi connectivity index (χ4v) is 1.88. The third-order valence-electron chi connectivity index (χ3n) is 2.79. The van der Waals surface area contributed by atoms with E-state index >= 15 is 0 Å². The van der Waals surface area contributed by atoms with Crippen LogP contribution >= 0.6 is 0 Å². The van der Waals surface area contributed by atoms with Gasteiger partial charge < -0.3 is 5.73 Å². The van der Waals surface area contributed by atoms with Gasteiger partial charge >= 0.3 is 5.69 Å². The smallest absolute Gasteiger partial charge is 0.327 e. The molecule has 2 atom stereocenters. The molecule has 3 N–H and O–H groups in total. The Morgan fingerprint density at radius 1 is 1.62 bits per heavy atom. The summed E-state index contributed by atoms with van der Waals surface area (Å²) in [6, 6.07) is 1.83. The molecule has 16 heavy (non-hydrogen) atoms. The standard InChI is InChI=1S/C10H15N5O/c1-3-7(6(2)11)8-4-9-13-14-10(16)15(9)5-12-8/h4-7H,3,11H2,1-2H3,(H,14,16). The number of hydrogen-bond donors (Lipinski definition) is 2. The molecule has 0 bridgehead atoms. The third-order valence-corrected chi connectivity index (χ3v) is 2.79. The van der Waals surface area contributed by atoms with Crippen LogP contribution in [0, 0.1) is 0 Å². The van der Waals surface area contributed by atoms with E-state index in [1.54, 1.807) is 6.07 Å². The number of nitrogens with zero attached hydrogens (tertiary/aromatic N) is 3. The Hall–Kier alpha value is -1.69. The minimum absolute atomic E-state index is 0.0330. The summed E-state index contributed by atoms with van der Waals surface area (Å²) in [6.45, 7) is 4.02. The average molecular weight is 221 g/mol. The molecule has 0 radical (unpaired) electrons. The minimum atomic E-state index is -0.275. The van der Waals surface area contributed by atoms with Crippen molar-refractivity contribution in [2.75, 3.05) is 0 Å². The van der Waals surface area contributed by atoms with E-state index < -0.39 is 0 Å². The zero-order chi connectivity index (χ0) is 11.7. The maximum absolute atomic E-state index is 11.2. The molecule has 0 saturated carbocycles. The topological polar surface area (TPSA) is 89.1 Å². The first-order chi connectivity index (χ1) is 7.63. The van der Waals surface area contributed by atoms with Gasteiger partial charge in [-0.1, -0.05) is 6.92 Å². The molecule has 2 unspecified atom stereocenters. The summed E-state index contributed by atoms with van der Waals surface area (Å²) in [4.78, 5) is 15.5. The van der Waals surface area contributed by atoms with Crippen LogP contribution in [0.4, 0.5) is 0 Å². The van der Waals surface area contributed by atoms with Crippen molar-refractivity contribution in [1.82, 2.24) is 19.6 Å². The average Bonchev–Trinajstić information content (AvgIpc) is 2.61. The number of hydrogen-bond acceptors (Lipinski definition) is 4. The lowest BCUT2D eigenvalue weighted by Gasteiger charge is -2.17. The van der Waals surface area contributed by atoms with Gasteiger partial charge in [0.05, 0.1) is 5.69 Å². The van der Waals surface area contributed by atoms with Crippen molar-refractivity contribution < 1.29 is 0 Å². The van der Waals surface area contributed by atoms with E-state index in [0.717, 1.165) is 12.1 Å². The molecule has 6 heteroatoms. The molecule has 0 saturated heterocycles. The van der Waals surface area contributed by atoms with Crippen LogP contribution in [-0.2, 0) is 0 Å². The fraction of sp³-hybridized carbons (Fsp3) is 0.500. The van der Waals surface area contributed by atoms with Gasteiger partial charge in [-0.3, -0.25) is 0 Å². The SMILES string of the molecule is CCC(c1cc2n[nH]c(=O)n2cn1)C(C)N. The lowest BCUT2D eigenvalue weighted by Crippen LogP contribution is -2.25. The van der Waals surface area contributed by atoms with Gasteiger partial charge in [-0.2, -0.15) is 5.10 Å². The van der Waals surface area contributed by atoms with E-state index in [-0.39, 0.29) is 17.6 Å². The van der Waals surface area contributed by atoms with E-state index in [4.69, 9.17) is 5.73 Å². The lowest BCUT2D eigenvalue weighted by molar-refractivity contribution is 0.539. The van der Waals surface area contributed by atoms with Crippen LogP contribution in [0.1, 0.15) is 31.9 Å². The predicted molar refractivity (Wildman–Crippen MR) is 60.3 cm³/mol. The Morgan fingerprint density at radius 2 is 2.38 bits per heavy atom. The van der Waals surface area contributed by atoms with Gasteiger partial charge in [0.2, 0.25) is 0 Å². The zero-order valence-electron chi connectivity index (χ0n) is 9.34. The molecule has 6 nitrogen and oxygen atoms in total. The second-order valence-corrected chi connectivity index (χ2v) is 3.94. The van der Waals surface area contributed by atoms with Crippen LogP contribution in [-0.4, -0.2) is 25.6 Å². The molecular weight excluding hydrogens is 206 g/mol. The van der Waals surface area contributed by atoms with Crippen LogP contribution in [0.25, 0.3) is 5.65 Å². The van der Waals surface area contributed by atoms with Gasteiger partial charge in [-0.15, -0.1) is 0 Å². The van der Waals surface area contributed by atoms with Crippen molar-refractivity contribution in [2.24, 2.45) is 5.73 Å². The van der Waals surface area contributed by atoms with E-state index in [0.29, 0.717) is 5.65 Å². The number of rotatable bonds is 3. The molecule has 2 aromatic rings. The molecule has 0 amide bonds. The summed E-state index contributed by atoms with van der Waals surface area (Å²) < 4.78 is 1.37. The number of aromatic nitrogens is 4. The Balaban J connectivity index is 2.50. The molecule has 0 spiro atoms. The number of nitrogens with two attached hydrogens (primary N) is 1. The Bertz CT molecular complexity index is 541. The van der Waals surface area contributed by atoms with Gasteiger partial charge in [0, 0.05) is 18.0 Å². The van der Waals surface area contributed by atoms with Crippen molar-refractivity contribution in [2.45, 2.75) is 32.2 Å². The summed E-state index contributed by atoms with van der Waals surface area (Å²) in [7, 11) is 0. The molecule has 0 aliphatic rings. The number of nitrogens with one attached hydrogen (secondary N) is 1. The highest BCUT2D eigenvalue weighted by atomic mass is 16.1. The summed E-state index contributed by atoms with van der Waals surface area (Å²) in [5, 5.41) is 6.28. The largest absolute Gasteiger partial charge is 0.348 e. The Kier molecular flexibility index (Phi) is 2.74. The molecule has 2 rings (SSSR count). The number of fused-ring (bicyclic) bond motifs is 1. The predicted octanol–water partition coefficient (Wildman–Crippen LogP) is 0.258. The van der Waals surface area contributed by atoms with Gasteiger partial charge in [0.25, 0.3) is 0 Å². The molecule has 0 aromatic carbocycles. The second kappa shape index (κ2) is 4.05. The Labute approximate surface area is 92.5 Å². The van der Waals surface area contributed by atoms with Crippen molar-refractivity contribution in [3.63, 3.8) is 0 Å². The van der Waals surface area contributed by atoms with Crippen LogP contribution < -0.4 is 11.4 Å². The van der Waals surface area contributed by atoms with Gasteiger partial charge in [-0.25, -0.2) is 19.3 Å². The summed E-state index contributed by atoms with van der Waals surface area (Å²) >= 11 is 0. The molecule has 86 valence electrons.